The molecule has 0 amide bonds. The Morgan fingerprint density at radius 1 is 0.771 bits per heavy atom. The van der Waals surface area contributed by atoms with Crippen LogP contribution >= 0.6 is 0 Å². The van der Waals surface area contributed by atoms with Crippen molar-refractivity contribution in [2.24, 2.45) is 5.41 Å². The zero-order valence-electron chi connectivity index (χ0n) is 22.9. The summed E-state index contributed by atoms with van der Waals surface area (Å²) < 4.78 is 4.77. The molecule has 4 aromatic rings. The van der Waals surface area contributed by atoms with Crippen LogP contribution in [-0.4, -0.2) is 19.1 Å². The van der Waals surface area contributed by atoms with Crippen molar-refractivity contribution >= 4 is 10.8 Å². The van der Waals surface area contributed by atoms with Crippen LogP contribution in [0.15, 0.2) is 54.9 Å². The van der Waals surface area contributed by atoms with Crippen LogP contribution in [0.5, 0.6) is 0 Å². The molecule has 4 nitrogen and oxygen atoms in total. The van der Waals surface area contributed by atoms with E-state index in [4.69, 9.17) is 4.98 Å². The summed E-state index contributed by atoms with van der Waals surface area (Å²) in [5, 5.41) is 2.53. The summed E-state index contributed by atoms with van der Waals surface area (Å²) in [6, 6.07) is 15.3. The fraction of sp³-hybridized carbons (Fsp3) is 0.484. The van der Waals surface area contributed by atoms with E-state index in [9.17, 15) is 0 Å². The number of benzene rings is 2. The van der Waals surface area contributed by atoms with Gasteiger partial charge in [0.05, 0.1) is 18.1 Å². The molecule has 2 aromatic carbocycles. The second kappa shape index (κ2) is 12.2. The van der Waals surface area contributed by atoms with Crippen LogP contribution in [0.25, 0.3) is 33.5 Å². The standard InChI is InChI=1S/C29H38N4.C2H6/c1-6-7-10-17-32-22(2)30-21-27(32)28-31-20-26(33(28)18-11-16-29(3,4)5)25-15-14-23-12-8-9-13-24(23)19-25;1-2/h8-9,12-15,19-21H,6-7,10-11,16-18H2,1-5H3;1-2H3. The third kappa shape index (κ3) is 6.62. The average Bonchev–Trinajstić information content (AvgIpc) is 3.42. The van der Waals surface area contributed by atoms with Crippen molar-refractivity contribution in [2.45, 2.75) is 93.7 Å². The Morgan fingerprint density at radius 2 is 1.46 bits per heavy atom. The smallest absolute Gasteiger partial charge is 0.158 e. The van der Waals surface area contributed by atoms with Crippen LogP contribution in [0.4, 0.5) is 0 Å². The molecule has 0 bridgehead atoms. The number of aryl methyl sites for hydroxylation is 1. The van der Waals surface area contributed by atoms with Crippen molar-refractivity contribution in [3.63, 3.8) is 0 Å². The number of hydrogen-bond donors (Lipinski definition) is 0. The van der Waals surface area contributed by atoms with Gasteiger partial charge in [-0.3, -0.25) is 0 Å². The molecule has 0 unspecified atom stereocenters. The maximum absolute atomic E-state index is 4.96. The SMILES string of the molecule is CC.CCCCCn1c(-c2ncc(-c3ccc4ccccc4c3)n2CCCC(C)(C)C)cnc1C. The average molecular weight is 473 g/mol. The molecular formula is C31H44N4. The first-order valence-corrected chi connectivity index (χ1v) is 13.4. The van der Waals surface area contributed by atoms with Crippen molar-refractivity contribution in [3.05, 3.63) is 60.7 Å². The lowest BCUT2D eigenvalue weighted by Gasteiger charge is -2.20. The monoisotopic (exact) mass is 472 g/mol. The fourth-order valence-corrected chi connectivity index (χ4v) is 4.60. The van der Waals surface area contributed by atoms with E-state index in [1.807, 2.05) is 20.0 Å². The van der Waals surface area contributed by atoms with Gasteiger partial charge in [0.2, 0.25) is 0 Å². The highest BCUT2D eigenvalue weighted by atomic mass is 15.2. The minimum absolute atomic E-state index is 0.322. The molecule has 0 spiro atoms. The first-order chi connectivity index (χ1) is 16.9. The van der Waals surface area contributed by atoms with Crippen LogP contribution in [0.3, 0.4) is 0 Å². The van der Waals surface area contributed by atoms with Crippen LogP contribution in [0, 0.1) is 12.3 Å². The molecule has 0 aliphatic carbocycles. The van der Waals surface area contributed by atoms with Gasteiger partial charge in [0.15, 0.2) is 5.82 Å². The first-order valence-electron chi connectivity index (χ1n) is 13.4. The molecule has 188 valence electrons. The summed E-state index contributed by atoms with van der Waals surface area (Å²) in [6.45, 7) is 17.3. The van der Waals surface area contributed by atoms with Gasteiger partial charge in [0.25, 0.3) is 0 Å². The van der Waals surface area contributed by atoms with E-state index in [0.717, 1.165) is 36.9 Å². The number of imidazole rings is 2. The van der Waals surface area contributed by atoms with Crippen LogP contribution in [0.2, 0.25) is 0 Å². The van der Waals surface area contributed by atoms with Crippen LogP contribution < -0.4 is 0 Å². The Bertz CT molecular complexity index is 1210. The molecule has 0 saturated carbocycles. The molecule has 2 aromatic heterocycles. The number of rotatable bonds is 9. The van der Waals surface area contributed by atoms with Gasteiger partial charge in [0, 0.05) is 18.7 Å². The largest absolute Gasteiger partial charge is 0.326 e. The topological polar surface area (TPSA) is 35.6 Å². The summed E-state index contributed by atoms with van der Waals surface area (Å²) in [4.78, 5) is 9.63. The molecule has 0 radical (unpaired) electrons. The molecular weight excluding hydrogens is 428 g/mol. The maximum atomic E-state index is 4.96. The van der Waals surface area contributed by atoms with Crippen LogP contribution in [0.1, 0.15) is 79.5 Å². The number of hydrogen-bond acceptors (Lipinski definition) is 2. The minimum atomic E-state index is 0.322. The Labute approximate surface area is 212 Å². The maximum Gasteiger partial charge on any atom is 0.158 e. The zero-order valence-corrected chi connectivity index (χ0v) is 22.9. The van der Waals surface area contributed by atoms with Crippen molar-refractivity contribution < 1.29 is 0 Å². The van der Waals surface area contributed by atoms with Crippen LogP contribution in [-0.2, 0) is 13.1 Å². The van der Waals surface area contributed by atoms with E-state index >= 15 is 0 Å². The van der Waals surface area contributed by atoms with Gasteiger partial charge in [0.1, 0.15) is 11.5 Å². The molecule has 35 heavy (non-hydrogen) atoms. The third-order valence-corrected chi connectivity index (χ3v) is 6.48. The van der Waals surface area contributed by atoms with Gasteiger partial charge in [-0.15, -0.1) is 0 Å². The predicted molar refractivity (Wildman–Crippen MR) is 151 cm³/mol. The number of fused-ring (bicyclic) bond motifs is 1. The molecule has 0 aliphatic heterocycles. The molecule has 0 saturated heterocycles. The number of aromatic nitrogens is 4. The first kappa shape index (κ1) is 26.7. The Kier molecular flexibility index (Phi) is 9.31. The van der Waals surface area contributed by atoms with E-state index in [2.05, 4.69) is 97.4 Å². The van der Waals surface area contributed by atoms with E-state index in [1.165, 1.54) is 47.7 Å². The molecule has 0 fully saturated rings. The highest BCUT2D eigenvalue weighted by Gasteiger charge is 2.19. The lowest BCUT2D eigenvalue weighted by atomic mass is 9.90. The highest BCUT2D eigenvalue weighted by Crippen LogP contribution is 2.31. The van der Waals surface area contributed by atoms with E-state index in [-0.39, 0.29) is 0 Å². The third-order valence-electron chi connectivity index (χ3n) is 6.48. The summed E-state index contributed by atoms with van der Waals surface area (Å²) >= 11 is 0. The van der Waals surface area contributed by atoms with Crippen molar-refractivity contribution in [3.8, 4) is 22.8 Å². The second-order valence-corrected chi connectivity index (χ2v) is 10.4. The Morgan fingerprint density at radius 3 is 2.17 bits per heavy atom. The predicted octanol–water partition coefficient (Wildman–Crippen LogP) is 8.92. The normalized spacial score (nSPS) is 11.5. The van der Waals surface area contributed by atoms with Gasteiger partial charge in [-0.25, -0.2) is 9.97 Å². The van der Waals surface area contributed by atoms with E-state index < -0.39 is 0 Å². The Balaban J connectivity index is 0.00000167. The lowest BCUT2D eigenvalue weighted by molar-refractivity contribution is 0.354. The van der Waals surface area contributed by atoms with Gasteiger partial charge in [-0.1, -0.05) is 90.8 Å². The van der Waals surface area contributed by atoms with E-state index in [1.54, 1.807) is 0 Å². The summed E-state index contributed by atoms with van der Waals surface area (Å²) in [5.74, 6) is 2.10. The summed E-state index contributed by atoms with van der Waals surface area (Å²) in [6.07, 6.45) is 9.98. The highest BCUT2D eigenvalue weighted by molar-refractivity contribution is 5.87. The van der Waals surface area contributed by atoms with Crippen molar-refractivity contribution in [1.29, 1.82) is 0 Å². The van der Waals surface area contributed by atoms with Crippen molar-refractivity contribution in [2.75, 3.05) is 0 Å². The molecule has 4 heteroatoms. The zero-order chi connectivity index (χ0) is 25.4. The van der Waals surface area contributed by atoms with Crippen molar-refractivity contribution in [1.82, 2.24) is 19.1 Å². The second-order valence-electron chi connectivity index (χ2n) is 10.4. The quantitative estimate of drug-likeness (QED) is 0.228. The van der Waals surface area contributed by atoms with Gasteiger partial charge < -0.3 is 9.13 Å². The van der Waals surface area contributed by atoms with Gasteiger partial charge >= 0.3 is 0 Å². The molecule has 0 aliphatic rings. The molecule has 4 rings (SSSR count). The molecule has 2 heterocycles. The summed E-state index contributed by atoms with van der Waals surface area (Å²) in [5.41, 5.74) is 3.86. The van der Waals surface area contributed by atoms with E-state index in [0.29, 0.717) is 5.41 Å². The Hall–Kier alpha value is -2.88. The van der Waals surface area contributed by atoms with Gasteiger partial charge in [-0.2, -0.15) is 0 Å². The number of nitrogens with zero attached hydrogens (tertiary/aromatic N) is 4. The fourth-order valence-electron chi connectivity index (χ4n) is 4.60. The minimum Gasteiger partial charge on any atom is -0.326 e. The van der Waals surface area contributed by atoms with Gasteiger partial charge in [-0.05, 0) is 48.4 Å². The summed E-state index contributed by atoms with van der Waals surface area (Å²) in [7, 11) is 0. The lowest BCUT2D eigenvalue weighted by Crippen LogP contribution is -2.11. The number of unbranched alkanes of at least 4 members (excludes halogenated alkanes) is 2. The molecule has 0 atom stereocenters. The molecule has 0 N–H and O–H groups in total.